The summed E-state index contributed by atoms with van der Waals surface area (Å²) in [7, 11) is 1.39. The first kappa shape index (κ1) is 19.3. The van der Waals surface area contributed by atoms with Gasteiger partial charge in [-0.15, -0.1) is 0 Å². The number of hydrogen-bond donors (Lipinski definition) is 1. The molecule has 2 aliphatic rings. The quantitative estimate of drug-likeness (QED) is 0.343. The van der Waals surface area contributed by atoms with E-state index in [1.165, 1.54) is 48.0 Å². The molecule has 0 radical (unpaired) electrons. The molecule has 1 unspecified atom stereocenters. The first-order valence-electron chi connectivity index (χ1n) is 10.1. The van der Waals surface area contributed by atoms with Crippen LogP contribution in [0.2, 0.25) is 0 Å². The normalized spacial score (nSPS) is 16.3. The monoisotopic (exact) mass is 421 g/mol. The lowest BCUT2D eigenvalue weighted by molar-refractivity contribution is -0.139. The first-order valence-corrected chi connectivity index (χ1v) is 11.0. The number of benzene rings is 2. The zero-order chi connectivity index (χ0) is 20.7. The Balaban J connectivity index is 1.52. The maximum atomic E-state index is 11.8. The molecule has 3 aromatic rings. The minimum atomic E-state index is -0.387. The second-order valence-electron chi connectivity index (χ2n) is 7.70. The predicted molar refractivity (Wildman–Crippen MR) is 117 cm³/mol. The lowest BCUT2D eigenvalue weighted by Crippen LogP contribution is -2.15. The van der Waals surface area contributed by atoms with Gasteiger partial charge in [0.2, 0.25) is 0 Å². The Morgan fingerprint density at radius 2 is 1.97 bits per heavy atom. The highest BCUT2D eigenvalue weighted by Gasteiger charge is 2.27. The van der Waals surface area contributed by atoms with Gasteiger partial charge in [0.05, 0.1) is 26.0 Å². The van der Waals surface area contributed by atoms with Crippen LogP contribution in [0.4, 0.5) is 11.5 Å². The smallest absolute Gasteiger partial charge is 0.318 e. The summed E-state index contributed by atoms with van der Waals surface area (Å²) in [6.45, 7) is 2.72. The minimum absolute atomic E-state index is 0.295. The molecule has 2 heterocycles. The predicted octanol–water partition coefficient (Wildman–Crippen LogP) is 4.93. The van der Waals surface area contributed by atoms with E-state index in [9.17, 15) is 4.79 Å². The maximum Gasteiger partial charge on any atom is 0.318 e. The first-order chi connectivity index (χ1) is 14.6. The SMILES string of the molecule is COC(=O)C(C)Sc1nc2c(c(Nc3ccc(C4CC4)c4ccccc34)n1)COC2. The minimum Gasteiger partial charge on any atom is -0.468 e. The molecule has 2 aromatic carbocycles. The van der Waals surface area contributed by atoms with E-state index in [1.807, 2.05) is 0 Å². The van der Waals surface area contributed by atoms with Crippen molar-refractivity contribution in [3.8, 4) is 0 Å². The molecule has 5 rings (SSSR count). The zero-order valence-electron chi connectivity index (χ0n) is 17.0. The summed E-state index contributed by atoms with van der Waals surface area (Å²) in [5, 5.41) is 6.16. The van der Waals surface area contributed by atoms with E-state index in [4.69, 9.17) is 14.5 Å². The summed E-state index contributed by atoms with van der Waals surface area (Å²) in [6, 6.07) is 12.9. The van der Waals surface area contributed by atoms with Gasteiger partial charge in [-0.2, -0.15) is 0 Å². The Bertz CT molecular complexity index is 1130. The van der Waals surface area contributed by atoms with Gasteiger partial charge in [-0.3, -0.25) is 4.79 Å². The van der Waals surface area contributed by atoms with Crippen LogP contribution in [0.25, 0.3) is 10.8 Å². The van der Waals surface area contributed by atoms with Crippen molar-refractivity contribution >= 4 is 40.0 Å². The van der Waals surface area contributed by atoms with Crippen molar-refractivity contribution in [2.24, 2.45) is 0 Å². The van der Waals surface area contributed by atoms with Crippen molar-refractivity contribution in [1.82, 2.24) is 9.97 Å². The van der Waals surface area contributed by atoms with Crippen molar-refractivity contribution < 1.29 is 14.3 Å². The molecule has 0 spiro atoms. The molecular weight excluding hydrogens is 398 g/mol. The van der Waals surface area contributed by atoms with Gasteiger partial charge < -0.3 is 14.8 Å². The zero-order valence-corrected chi connectivity index (χ0v) is 17.8. The molecule has 1 aromatic heterocycles. The second-order valence-corrected chi connectivity index (χ2v) is 9.01. The Morgan fingerprint density at radius 1 is 1.17 bits per heavy atom. The Morgan fingerprint density at radius 3 is 2.73 bits per heavy atom. The molecule has 1 aliphatic carbocycles. The van der Waals surface area contributed by atoms with Crippen molar-refractivity contribution in [3.05, 3.63) is 53.2 Å². The Labute approximate surface area is 179 Å². The van der Waals surface area contributed by atoms with Crippen LogP contribution in [0.1, 0.15) is 42.5 Å². The van der Waals surface area contributed by atoms with E-state index in [1.54, 1.807) is 6.92 Å². The second kappa shape index (κ2) is 7.89. The van der Waals surface area contributed by atoms with Crippen molar-refractivity contribution in [2.75, 3.05) is 12.4 Å². The number of carbonyl (C=O) groups excluding carboxylic acids is 1. The number of methoxy groups -OCH3 is 1. The van der Waals surface area contributed by atoms with Crippen molar-refractivity contribution in [2.45, 2.75) is 49.3 Å². The number of thioether (sulfide) groups is 1. The average molecular weight is 422 g/mol. The summed E-state index contributed by atoms with van der Waals surface area (Å²) in [5.41, 5.74) is 4.28. The largest absolute Gasteiger partial charge is 0.468 e. The molecule has 1 fully saturated rings. The van der Waals surface area contributed by atoms with E-state index in [0.29, 0.717) is 24.3 Å². The number of rotatable bonds is 6. The highest BCUT2D eigenvalue weighted by atomic mass is 32.2. The molecule has 0 amide bonds. The molecule has 154 valence electrons. The van der Waals surface area contributed by atoms with Gasteiger partial charge in [-0.25, -0.2) is 9.97 Å². The van der Waals surface area contributed by atoms with E-state index in [0.717, 1.165) is 22.8 Å². The summed E-state index contributed by atoms with van der Waals surface area (Å²) in [6.07, 6.45) is 2.54. The van der Waals surface area contributed by atoms with Gasteiger partial charge in [0, 0.05) is 16.6 Å². The van der Waals surface area contributed by atoms with Gasteiger partial charge in [0.15, 0.2) is 5.16 Å². The summed E-state index contributed by atoms with van der Waals surface area (Å²) < 4.78 is 10.5. The topological polar surface area (TPSA) is 73.3 Å². The third-order valence-electron chi connectivity index (χ3n) is 5.60. The number of esters is 1. The molecule has 6 nitrogen and oxygen atoms in total. The number of anilines is 2. The Kier molecular flexibility index (Phi) is 5.08. The van der Waals surface area contributed by atoms with Gasteiger partial charge in [0.1, 0.15) is 11.1 Å². The highest BCUT2D eigenvalue weighted by Crippen LogP contribution is 2.44. The Hall–Kier alpha value is -2.64. The third-order valence-corrected chi connectivity index (χ3v) is 6.54. The number of aromatic nitrogens is 2. The number of fused-ring (bicyclic) bond motifs is 2. The molecule has 0 saturated heterocycles. The fourth-order valence-corrected chi connectivity index (χ4v) is 4.68. The molecule has 1 saturated carbocycles. The summed E-state index contributed by atoms with van der Waals surface area (Å²) >= 11 is 1.29. The molecule has 7 heteroatoms. The van der Waals surface area contributed by atoms with E-state index >= 15 is 0 Å². The maximum absolute atomic E-state index is 11.8. The van der Waals surface area contributed by atoms with Crippen molar-refractivity contribution in [1.29, 1.82) is 0 Å². The van der Waals surface area contributed by atoms with Crippen LogP contribution in [0.3, 0.4) is 0 Å². The summed E-state index contributed by atoms with van der Waals surface area (Å²) in [4.78, 5) is 21.2. The highest BCUT2D eigenvalue weighted by molar-refractivity contribution is 8.00. The van der Waals surface area contributed by atoms with Crippen LogP contribution in [-0.2, 0) is 27.5 Å². The fourth-order valence-electron chi connectivity index (χ4n) is 3.87. The molecule has 30 heavy (non-hydrogen) atoms. The lowest BCUT2D eigenvalue weighted by Gasteiger charge is -2.15. The van der Waals surface area contributed by atoms with Gasteiger partial charge in [-0.05, 0) is 42.7 Å². The van der Waals surface area contributed by atoms with Crippen LogP contribution in [0.5, 0.6) is 0 Å². The van der Waals surface area contributed by atoms with Gasteiger partial charge in [0.25, 0.3) is 0 Å². The number of ether oxygens (including phenoxy) is 2. The number of carbonyl (C=O) groups is 1. The van der Waals surface area contributed by atoms with Crippen LogP contribution in [0.15, 0.2) is 41.6 Å². The van der Waals surface area contributed by atoms with Crippen LogP contribution >= 0.6 is 11.8 Å². The van der Waals surface area contributed by atoms with Crippen LogP contribution in [-0.4, -0.2) is 28.3 Å². The van der Waals surface area contributed by atoms with Gasteiger partial charge in [-0.1, -0.05) is 42.1 Å². The number of nitrogens with one attached hydrogen (secondary N) is 1. The molecule has 1 atom stereocenters. The van der Waals surface area contributed by atoms with E-state index in [-0.39, 0.29) is 11.2 Å². The summed E-state index contributed by atoms with van der Waals surface area (Å²) in [5.74, 6) is 1.13. The molecule has 0 bridgehead atoms. The number of hydrogen-bond acceptors (Lipinski definition) is 7. The third kappa shape index (κ3) is 3.63. The van der Waals surface area contributed by atoms with Crippen LogP contribution in [0, 0.1) is 0 Å². The van der Waals surface area contributed by atoms with Crippen molar-refractivity contribution in [3.63, 3.8) is 0 Å². The van der Waals surface area contributed by atoms with Crippen LogP contribution < -0.4 is 5.32 Å². The standard InChI is InChI=1S/C23H23N3O3S/c1-13(22(27)28-2)30-23-25-20-12-29-11-18(20)21(26-23)24-19-10-9-15(14-7-8-14)16-5-3-4-6-17(16)19/h3-6,9-10,13-14H,7-8,11-12H2,1-2H3,(H,24,25,26). The molecular formula is C23H23N3O3S. The van der Waals surface area contributed by atoms with E-state index < -0.39 is 0 Å². The van der Waals surface area contributed by atoms with E-state index in [2.05, 4.69) is 46.7 Å². The lowest BCUT2D eigenvalue weighted by atomic mass is 9.99. The molecule has 1 N–H and O–H groups in total. The fraction of sp³-hybridized carbons (Fsp3) is 0.348. The van der Waals surface area contributed by atoms with Gasteiger partial charge >= 0.3 is 5.97 Å². The average Bonchev–Trinajstić information content (AvgIpc) is 3.50. The molecule has 1 aliphatic heterocycles. The number of nitrogens with zero attached hydrogens (tertiary/aromatic N) is 2.